The van der Waals surface area contributed by atoms with Crippen molar-refractivity contribution in [1.29, 1.82) is 0 Å². The first-order valence-corrected chi connectivity index (χ1v) is 27.2. The van der Waals surface area contributed by atoms with Crippen molar-refractivity contribution in [3.05, 3.63) is 47.6 Å². The van der Waals surface area contributed by atoms with Crippen molar-refractivity contribution in [2.24, 2.45) is 50.2 Å². The van der Waals surface area contributed by atoms with Crippen LogP contribution >= 0.6 is 0 Å². The molecule has 1 aromatic carbocycles. The lowest BCUT2D eigenvalue weighted by Gasteiger charge is -2.71. The molecule has 3 aliphatic heterocycles. The zero-order valence-corrected chi connectivity index (χ0v) is 44.8. The van der Waals surface area contributed by atoms with Gasteiger partial charge in [-0.3, -0.25) is 4.79 Å². The Hall–Kier alpha value is -3.65. The molecule has 0 aromatic heterocycles. The van der Waals surface area contributed by atoms with E-state index in [0.29, 0.717) is 37.7 Å². The second-order valence-electron chi connectivity index (χ2n) is 25.5. The Kier molecular flexibility index (Phi) is 15.8. The number of esters is 2. The second-order valence-corrected chi connectivity index (χ2v) is 25.5. The predicted molar refractivity (Wildman–Crippen MR) is 267 cm³/mol. The fourth-order valence-electron chi connectivity index (χ4n) is 15.9. The molecule has 3 heterocycles. The van der Waals surface area contributed by atoms with Crippen molar-refractivity contribution < 1.29 is 104 Å². The molecule has 0 radical (unpaired) electrons. The van der Waals surface area contributed by atoms with E-state index in [-0.39, 0.29) is 41.3 Å². The standard InChI is InChI=1S/C56H80O21/c1-51(2)20-21-56(50(70)77-49-45(74-36(61)15-10-26-8-11-27(58)12-9-26)43(30(59)25-71-49)75-47-41(66)38(63)37(62)31(24-57)72-47)29(22-51)28-13-14-33-53(5)18-17-35(73-48-42(67)39(64)40(65)44(76-48)46(68)69)52(3,4)32(53)16-19-54(33,6)55(28,7)23-34(56)60/h8-13,15,29-35,37-45,47-49,57-60,62-67H,14,16-25H2,1-7H3,(H,68,69)/t29-,30-,31+,32-,33+,34+,35-,37+,38-,39-,40-,41+,42+,43-,44-,45+,47+,48-,49-,53-,54+,55+,56+/m0/s1. The number of phenols is 1. The van der Waals surface area contributed by atoms with Crippen LogP contribution in [0.2, 0.25) is 0 Å². The molecule has 5 aliphatic carbocycles. The molecule has 1 aromatic rings. The Bertz CT molecular complexity index is 2410. The highest BCUT2D eigenvalue weighted by atomic mass is 16.8. The van der Waals surface area contributed by atoms with Gasteiger partial charge in [-0.2, -0.15) is 0 Å². The van der Waals surface area contributed by atoms with Gasteiger partial charge in [0.1, 0.15) is 66.1 Å². The SMILES string of the molecule is CC1(C)CC[C@]2(C(=O)O[C@@H]3OC[C@H](O)[C@H](O[C@H]4O[C@H](CO)[C@@H](O)[C@H](O)[C@H]4O)[C@H]3OC(=O)C=Cc3ccc(O)cc3)[C@H](O)C[C@]3(C)C(=CC[C@@H]4[C@@]5(C)CC[C@H](O[C@H]6O[C@H](C(=O)O)[C@@H](O)[C@H](O)[C@H]6O)C(C)(C)[C@@H]5CC[C@]43C)[C@@H]2C1. The van der Waals surface area contributed by atoms with Crippen molar-refractivity contribution >= 4 is 24.0 Å². The molecule has 9 rings (SSSR count). The van der Waals surface area contributed by atoms with Gasteiger partial charge in [-0.15, -0.1) is 0 Å². The van der Waals surface area contributed by atoms with Gasteiger partial charge < -0.3 is 89.3 Å². The van der Waals surface area contributed by atoms with Crippen LogP contribution in [0.5, 0.6) is 5.75 Å². The Morgan fingerprint density at radius 3 is 2.04 bits per heavy atom. The van der Waals surface area contributed by atoms with Crippen LogP contribution in [0.15, 0.2) is 42.0 Å². The van der Waals surface area contributed by atoms with E-state index >= 15 is 4.79 Å². The van der Waals surface area contributed by atoms with Crippen LogP contribution in [0.4, 0.5) is 0 Å². The first-order valence-electron chi connectivity index (χ1n) is 27.2. The number of carbonyl (C=O) groups excluding carboxylic acids is 2. The number of rotatable bonds is 11. The van der Waals surface area contributed by atoms with E-state index < -0.39 is 157 Å². The smallest absolute Gasteiger partial charge is 0.335 e. The van der Waals surface area contributed by atoms with Crippen molar-refractivity contribution in [2.45, 2.75) is 204 Å². The van der Waals surface area contributed by atoms with E-state index in [4.69, 9.17) is 33.2 Å². The highest BCUT2D eigenvalue weighted by Gasteiger charge is 2.72. The van der Waals surface area contributed by atoms with E-state index in [9.17, 15) is 65.8 Å². The van der Waals surface area contributed by atoms with E-state index in [1.54, 1.807) is 12.1 Å². The van der Waals surface area contributed by atoms with Gasteiger partial charge in [-0.25, -0.2) is 9.59 Å². The monoisotopic (exact) mass is 1090 g/mol. The Morgan fingerprint density at radius 2 is 1.38 bits per heavy atom. The van der Waals surface area contributed by atoms with Crippen LogP contribution < -0.4 is 0 Å². The van der Waals surface area contributed by atoms with Crippen LogP contribution in [0.3, 0.4) is 0 Å². The Balaban J connectivity index is 1.00. The van der Waals surface area contributed by atoms with Gasteiger partial charge in [0.15, 0.2) is 24.8 Å². The number of aliphatic hydroxyl groups is 9. The quantitative estimate of drug-likeness (QED) is 0.0651. The molecule has 430 valence electrons. The summed E-state index contributed by atoms with van der Waals surface area (Å²) in [5.41, 5.74) is -2.05. The third kappa shape index (κ3) is 9.78. The van der Waals surface area contributed by atoms with E-state index in [1.165, 1.54) is 18.2 Å². The number of phenolic OH excluding ortho intramolecular Hbond substituents is 1. The molecular formula is C56H80O21. The van der Waals surface area contributed by atoms with Gasteiger partial charge in [-0.1, -0.05) is 72.2 Å². The normalized spacial score (nSPS) is 47.3. The number of aliphatic hydroxyl groups excluding tert-OH is 9. The molecule has 3 saturated heterocycles. The highest BCUT2D eigenvalue weighted by molar-refractivity contribution is 5.87. The zero-order chi connectivity index (χ0) is 56.1. The third-order valence-corrected chi connectivity index (χ3v) is 20.4. The summed E-state index contributed by atoms with van der Waals surface area (Å²) < 4.78 is 41.9. The average molecular weight is 1090 g/mol. The third-order valence-electron chi connectivity index (χ3n) is 20.4. The molecule has 4 saturated carbocycles. The number of aliphatic carboxylic acids is 1. The first-order chi connectivity index (χ1) is 36.0. The molecule has 21 nitrogen and oxygen atoms in total. The molecule has 0 bridgehead atoms. The summed E-state index contributed by atoms with van der Waals surface area (Å²) in [5.74, 6) is -3.66. The lowest BCUT2D eigenvalue weighted by molar-refractivity contribution is -0.347. The summed E-state index contributed by atoms with van der Waals surface area (Å²) in [7, 11) is 0. The number of fused-ring (bicyclic) bond motifs is 7. The minimum atomic E-state index is -1.91. The van der Waals surface area contributed by atoms with Crippen molar-refractivity contribution in [3.8, 4) is 5.75 Å². The fourth-order valence-corrected chi connectivity index (χ4v) is 15.9. The Morgan fingerprint density at radius 1 is 0.714 bits per heavy atom. The van der Waals surface area contributed by atoms with Gasteiger partial charge in [0.25, 0.3) is 0 Å². The molecule has 77 heavy (non-hydrogen) atoms. The minimum Gasteiger partial charge on any atom is -0.508 e. The maximum absolute atomic E-state index is 15.5. The lowest BCUT2D eigenvalue weighted by atomic mass is 9.33. The molecule has 7 fully saturated rings. The molecule has 23 atom stereocenters. The molecule has 0 amide bonds. The van der Waals surface area contributed by atoms with Gasteiger partial charge in [-0.05, 0) is 126 Å². The van der Waals surface area contributed by atoms with Crippen LogP contribution in [0.25, 0.3) is 6.08 Å². The molecule has 0 unspecified atom stereocenters. The maximum Gasteiger partial charge on any atom is 0.335 e. The lowest BCUT2D eigenvalue weighted by Crippen LogP contribution is -2.68. The molecule has 0 spiro atoms. The van der Waals surface area contributed by atoms with Crippen LogP contribution in [-0.2, 0) is 47.5 Å². The van der Waals surface area contributed by atoms with Crippen molar-refractivity contribution in [3.63, 3.8) is 0 Å². The van der Waals surface area contributed by atoms with Gasteiger partial charge >= 0.3 is 17.9 Å². The summed E-state index contributed by atoms with van der Waals surface area (Å²) in [6.07, 6.45) is -16.2. The van der Waals surface area contributed by atoms with Crippen LogP contribution in [0, 0.1) is 50.2 Å². The van der Waals surface area contributed by atoms with E-state index in [0.717, 1.165) is 24.5 Å². The molecule has 8 aliphatic rings. The number of benzene rings is 1. The predicted octanol–water partition coefficient (Wildman–Crippen LogP) is 1.81. The summed E-state index contributed by atoms with van der Waals surface area (Å²) >= 11 is 0. The molecule has 21 heteroatoms. The topological polar surface area (TPSA) is 338 Å². The van der Waals surface area contributed by atoms with Crippen molar-refractivity contribution in [2.75, 3.05) is 13.2 Å². The second kappa shape index (κ2) is 21.0. The zero-order valence-electron chi connectivity index (χ0n) is 44.8. The summed E-state index contributed by atoms with van der Waals surface area (Å²) in [4.78, 5) is 41.2. The summed E-state index contributed by atoms with van der Waals surface area (Å²) in [6.45, 7) is 14.0. The number of carbonyl (C=O) groups is 3. The Labute approximate surface area is 447 Å². The van der Waals surface area contributed by atoms with Gasteiger partial charge in [0, 0.05) is 6.08 Å². The van der Waals surface area contributed by atoms with E-state index in [1.807, 2.05) is 0 Å². The first kappa shape index (κ1) is 58.0. The summed E-state index contributed by atoms with van der Waals surface area (Å²) in [5, 5.41) is 118. The molecule has 11 N–H and O–H groups in total. The van der Waals surface area contributed by atoms with Gasteiger partial charge in [0.05, 0.1) is 25.4 Å². The number of ether oxygens (including phenoxy) is 7. The number of allylic oxidation sites excluding steroid dienone is 2. The molecular weight excluding hydrogens is 1010 g/mol. The van der Waals surface area contributed by atoms with Crippen molar-refractivity contribution in [1.82, 2.24) is 0 Å². The van der Waals surface area contributed by atoms with Crippen LogP contribution in [-0.4, -0.2) is 186 Å². The maximum atomic E-state index is 15.5. The number of carboxylic acids is 1. The highest BCUT2D eigenvalue weighted by Crippen LogP contribution is 2.76. The number of hydrogen-bond acceptors (Lipinski definition) is 20. The average Bonchev–Trinajstić information content (AvgIpc) is 3.45. The number of aromatic hydroxyl groups is 1. The van der Waals surface area contributed by atoms with E-state index in [2.05, 4.69) is 54.5 Å². The van der Waals surface area contributed by atoms with Gasteiger partial charge in [0.2, 0.25) is 6.29 Å². The number of hydrogen-bond donors (Lipinski definition) is 11. The number of carboxylic acid groups (broad SMARTS) is 1. The fraction of sp³-hybridized carbons (Fsp3) is 0.768. The minimum absolute atomic E-state index is 0.00123. The van der Waals surface area contributed by atoms with Crippen LogP contribution in [0.1, 0.15) is 112 Å². The summed E-state index contributed by atoms with van der Waals surface area (Å²) in [6, 6.07) is 5.92. The largest absolute Gasteiger partial charge is 0.508 e.